The van der Waals surface area contributed by atoms with Crippen molar-refractivity contribution in [2.45, 2.75) is 71.3 Å². The minimum Gasteiger partial charge on any atom is -0.465 e. The van der Waals surface area contributed by atoms with Crippen molar-refractivity contribution in [1.29, 1.82) is 0 Å². The van der Waals surface area contributed by atoms with Gasteiger partial charge in [-0.3, -0.25) is 4.79 Å². The summed E-state index contributed by atoms with van der Waals surface area (Å²) in [4.78, 5) is 12.5. The number of nitrogens with one attached hydrogen (secondary N) is 1. The molecular weight excluding hydrogens is 250 g/mol. The Morgan fingerprint density at radius 3 is 2.60 bits per heavy atom. The van der Waals surface area contributed by atoms with Gasteiger partial charge in [-0.05, 0) is 63.3 Å². The zero-order chi connectivity index (χ0) is 14.6. The molecule has 2 aliphatic rings. The summed E-state index contributed by atoms with van der Waals surface area (Å²) in [5, 5.41) is 3.61. The largest absolute Gasteiger partial charge is 0.465 e. The Hall–Kier alpha value is -0.570. The molecule has 2 fully saturated rings. The van der Waals surface area contributed by atoms with E-state index in [9.17, 15) is 4.79 Å². The van der Waals surface area contributed by atoms with Crippen LogP contribution in [0.2, 0.25) is 0 Å². The van der Waals surface area contributed by atoms with Gasteiger partial charge in [-0.15, -0.1) is 0 Å². The first kappa shape index (κ1) is 15.8. The van der Waals surface area contributed by atoms with Gasteiger partial charge in [0, 0.05) is 0 Å². The third-order valence-electron chi connectivity index (χ3n) is 5.16. The van der Waals surface area contributed by atoms with E-state index in [0.717, 1.165) is 50.0 Å². The summed E-state index contributed by atoms with van der Waals surface area (Å²) in [6.45, 7) is 7.99. The molecule has 2 unspecified atom stereocenters. The van der Waals surface area contributed by atoms with Crippen molar-refractivity contribution in [3.05, 3.63) is 0 Å². The van der Waals surface area contributed by atoms with Crippen LogP contribution in [0.15, 0.2) is 0 Å². The van der Waals surface area contributed by atoms with Crippen molar-refractivity contribution in [2.24, 2.45) is 17.8 Å². The van der Waals surface area contributed by atoms with Crippen molar-refractivity contribution in [2.75, 3.05) is 13.2 Å². The zero-order valence-corrected chi connectivity index (χ0v) is 13.4. The fourth-order valence-electron chi connectivity index (χ4n) is 3.42. The third kappa shape index (κ3) is 3.97. The highest BCUT2D eigenvalue weighted by Gasteiger charge is 2.42. The van der Waals surface area contributed by atoms with Crippen LogP contribution in [0.3, 0.4) is 0 Å². The van der Waals surface area contributed by atoms with E-state index >= 15 is 0 Å². The normalized spacial score (nSPS) is 31.1. The summed E-state index contributed by atoms with van der Waals surface area (Å²) >= 11 is 0. The van der Waals surface area contributed by atoms with Crippen LogP contribution in [0.5, 0.6) is 0 Å². The van der Waals surface area contributed by atoms with Gasteiger partial charge < -0.3 is 10.1 Å². The van der Waals surface area contributed by atoms with E-state index in [1.807, 2.05) is 6.92 Å². The van der Waals surface area contributed by atoms with Crippen LogP contribution in [-0.2, 0) is 9.53 Å². The molecule has 116 valence electrons. The molecule has 0 spiro atoms. The molecule has 0 aliphatic heterocycles. The molecule has 3 nitrogen and oxygen atoms in total. The molecular formula is C17H31NO2. The fraction of sp³-hybridized carbons (Fsp3) is 0.941. The van der Waals surface area contributed by atoms with Crippen LogP contribution in [0.4, 0.5) is 0 Å². The summed E-state index contributed by atoms with van der Waals surface area (Å²) in [6.07, 6.45) is 8.07. The summed E-state index contributed by atoms with van der Waals surface area (Å²) in [5.41, 5.74) is -0.401. The van der Waals surface area contributed by atoms with Crippen molar-refractivity contribution in [3.63, 3.8) is 0 Å². The van der Waals surface area contributed by atoms with Gasteiger partial charge in [0.15, 0.2) is 0 Å². The van der Waals surface area contributed by atoms with Crippen LogP contribution >= 0.6 is 0 Å². The Morgan fingerprint density at radius 2 is 2.00 bits per heavy atom. The number of esters is 1. The van der Waals surface area contributed by atoms with Crippen LogP contribution in [0, 0.1) is 17.8 Å². The quantitative estimate of drug-likeness (QED) is 0.598. The van der Waals surface area contributed by atoms with Crippen molar-refractivity contribution < 1.29 is 9.53 Å². The molecule has 0 heterocycles. The average Bonchev–Trinajstić information content (AvgIpc) is 3.23. The van der Waals surface area contributed by atoms with Gasteiger partial charge in [0.2, 0.25) is 0 Å². The second-order valence-electron chi connectivity index (χ2n) is 7.06. The maximum absolute atomic E-state index is 12.5. The SMILES string of the molecule is CCOC(=O)C1(NCC2CC2)CCCC(C(C)C)CC1. The summed E-state index contributed by atoms with van der Waals surface area (Å²) in [5.74, 6) is 2.26. The number of carbonyl (C=O) groups is 1. The molecule has 1 N–H and O–H groups in total. The maximum Gasteiger partial charge on any atom is 0.326 e. The standard InChI is InChI=1S/C17H31NO2/c1-4-20-16(19)17(18-12-14-7-8-14)10-5-6-15(9-11-17)13(2)3/h13-15,18H,4-12H2,1-3H3. The van der Waals surface area contributed by atoms with Crippen molar-refractivity contribution in [1.82, 2.24) is 5.32 Å². The molecule has 0 aromatic rings. The molecule has 0 radical (unpaired) electrons. The van der Waals surface area contributed by atoms with E-state index < -0.39 is 5.54 Å². The van der Waals surface area contributed by atoms with Crippen LogP contribution < -0.4 is 5.32 Å². The molecule has 2 rings (SSSR count). The smallest absolute Gasteiger partial charge is 0.326 e. The van der Waals surface area contributed by atoms with E-state index in [-0.39, 0.29) is 5.97 Å². The lowest BCUT2D eigenvalue weighted by molar-refractivity contribution is -0.152. The van der Waals surface area contributed by atoms with E-state index in [2.05, 4.69) is 19.2 Å². The molecule has 0 amide bonds. The second-order valence-corrected chi connectivity index (χ2v) is 7.06. The molecule has 2 atom stereocenters. The lowest BCUT2D eigenvalue weighted by atomic mass is 9.86. The number of hydrogen-bond donors (Lipinski definition) is 1. The lowest BCUT2D eigenvalue weighted by Gasteiger charge is -2.32. The van der Waals surface area contributed by atoms with Gasteiger partial charge in [-0.1, -0.05) is 26.7 Å². The Bertz CT molecular complexity index is 325. The summed E-state index contributed by atoms with van der Waals surface area (Å²) in [6, 6.07) is 0. The minimum absolute atomic E-state index is 0.00921. The van der Waals surface area contributed by atoms with Crippen LogP contribution in [-0.4, -0.2) is 24.7 Å². The molecule has 0 aromatic carbocycles. The number of rotatable bonds is 6. The van der Waals surface area contributed by atoms with E-state index in [0.29, 0.717) is 6.61 Å². The summed E-state index contributed by atoms with van der Waals surface area (Å²) < 4.78 is 5.39. The van der Waals surface area contributed by atoms with Crippen molar-refractivity contribution in [3.8, 4) is 0 Å². The lowest BCUT2D eigenvalue weighted by Crippen LogP contribution is -2.53. The monoisotopic (exact) mass is 281 g/mol. The van der Waals surface area contributed by atoms with Gasteiger partial charge in [-0.2, -0.15) is 0 Å². The molecule has 0 aromatic heterocycles. The van der Waals surface area contributed by atoms with Gasteiger partial charge in [0.05, 0.1) is 6.61 Å². The Morgan fingerprint density at radius 1 is 1.25 bits per heavy atom. The first-order valence-corrected chi connectivity index (χ1v) is 8.49. The number of hydrogen-bond acceptors (Lipinski definition) is 3. The highest BCUT2D eigenvalue weighted by atomic mass is 16.5. The predicted molar refractivity (Wildman–Crippen MR) is 81.5 cm³/mol. The molecule has 2 saturated carbocycles. The first-order valence-electron chi connectivity index (χ1n) is 8.49. The van der Waals surface area contributed by atoms with Gasteiger partial charge in [-0.25, -0.2) is 0 Å². The van der Waals surface area contributed by atoms with Crippen LogP contribution in [0.25, 0.3) is 0 Å². The molecule has 20 heavy (non-hydrogen) atoms. The van der Waals surface area contributed by atoms with E-state index in [1.54, 1.807) is 0 Å². The highest BCUT2D eigenvalue weighted by Crippen LogP contribution is 2.36. The second kappa shape index (κ2) is 6.93. The van der Waals surface area contributed by atoms with Gasteiger partial charge in [0.25, 0.3) is 0 Å². The fourth-order valence-corrected chi connectivity index (χ4v) is 3.42. The number of ether oxygens (including phenoxy) is 1. The summed E-state index contributed by atoms with van der Waals surface area (Å²) in [7, 11) is 0. The molecule has 0 saturated heterocycles. The van der Waals surface area contributed by atoms with Crippen LogP contribution in [0.1, 0.15) is 65.7 Å². The topological polar surface area (TPSA) is 38.3 Å². The molecule has 3 heteroatoms. The zero-order valence-electron chi connectivity index (χ0n) is 13.4. The van der Waals surface area contributed by atoms with Crippen molar-refractivity contribution >= 4 is 5.97 Å². The predicted octanol–water partition coefficient (Wildman–Crippen LogP) is 3.52. The van der Waals surface area contributed by atoms with E-state index in [4.69, 9.17) is 4.74 Å². The Balaban J connectivity index is 2.02. The molecule has 2 aliphatic carbocycles. The minimum atomic E-state index is -0.401. The van der Waals surface area contributed by atoms with Gasteiger partial charge >= 0.3 is 5.97 Å². The Kier molecular flexibility index (Phi) is 5.48. The third-order valence-corrected chi connectivity index (χ3v) is 5.16. The Labute approximate surface area is 123 Å². The van der Waals surface area contributed by atoms with Gasteiger partial charge in [0.1, 0.15) is 5.54 Å². The highest BCUT2D eigenvalue weighted by molar-refractivity contribution is 5.81. The first-order chi connectivity index (χ1) is 9.57. The number of carbonyl (C=O) groups excluding carboxylic acids is 1. The van der Waals surface area contributed by atoms with E-state index in [1.165, 1.54) is 19.3 Å². The maximum atomic E-state index is 12.5. The molecule has 0 bridgehead atoms. The average molecular weight is 281 g/mol.